The molecule has 2 heterocycles. The Hall–Kier alpha value is -3.12. The number of benzene rings is 2. The van der Waals surface area contributed by atoms with E-state index in [9.17, 15) is 13.6 Å². The van der Waals surface area contributed by atoms with Gasteiger partial charge in [-0.25, -0.2) is 8.78 Å². The Morgan fingerprint density at radius 2 is 1.67 bits per heavy atom. The molecule has 0 bridgehead atoms. The zero-order chi connectivity index (χ0) is 21.1. The van der Waals surface area contributed by atoms with Crippen LogP contribution in [0.5, 0.6) is 0 Å². The first-order valence-electron chi connectivity index (χ1n) is 9.98. The van der Waals surface area contributed by atoms with E-state index in [2.05, 4.69) is 9.88 Å². The fourth-order valence-electron chi connectivity index (χ4n) is 3.97. The van der Waals surface area contributed by atoms with Gasteiger partial charge in [0.15, 0.2) is 0 Å². The van der Waals surface area contributed by atoms with Crippen LogP contribution in [-0.4, -0.2) is 46.9 Å². The third-order valence-corrected chi connectivity index (χ3v) is 5.47. The van der Waals surface area contributed by atoms with E-state index in [1.54, 1.807) is 47.6 Å². The van der Waals surface area contributed by atoms with Gasteiger partial charge >= 0.3 is 0 Å². The molecule has 1 aromatic heterocycles. The standard InChI is InChI=1S/C24H23F2N3O/c1-17-14-19(16-27-15-17)24(30)29-12-10-28(11-13-29)23(18-6-8-20(25)9-7-18)21-4-2-3-5-22(21)26/h2-9,14-16,23H,10-13H2,1H3. The highest BCUT2D eigenvalue weighted by Gasteiger charge is 2.30. The van der Waals surface area contributed by atoms with E-state index in [1.165, 1.54) is 18.2 Å². The number of rotatable bonds is 4. The number of aromatic nitrogens is 1. The predicted molar refractivity (Wildman–Crippen MR) is 111 cm³/mol. The zero-order valence-corrected chi connectivity index (χ0v) is 16.8. The monoisotopic (exact) mass is 407 g/mol. The van der Waals surface area contributed by atoms with Crippen molar-refractivity contribution in [2.45, 2.75) is 13.0 Å². The summed E-state index contributed by atoms with van der Waals surface area (Å²) >= 11 is 0. The van der Waals surface area contributed by atoms with E-state index in [0.29, 0.717) is 37.3 Å². The summed E-state index contributed by atoms with van der Waals surface area (Å²) in [4.78, 5) is 20.9. The maximum atomic E-state index is 14.7. The highest BCUT2D eigenvalue weighted by Crippen LogP contribution is 2.31. The molecular formula is C24H23F2N3O. The number of halogens is 2. The van der Waals surface area contributed by atoms with Crippen molar-refractivity contribution in [3.05, 3.63) is 101 Å². The Bertz CT molecular complexity index is 1030. The largest absolute Gasteiger partial charge is 0.336 e. The van der Waals surface area contributed by atoms with Crippen LogP contribution in [-0.2, 0) is 0 Å². The third-order valence-electron chi connectivity index (χ3n) is 5.47. The Kier molecular flexibility index (Phi) is 5.86. The second-order valence-corrected chi connectivity index (χ2v) is 7.55. The summed E-state index contributed by atoms with van der Waals surface area (Å²) in [5.41, 5.74) is 2.89. The predicted octanol–water partition coefficient (Wildman–Crippen LogP) is 4.22. The van der Waals surface area contributed by atoms with E-state index in [-0.39, 0.29) is 23.6 Å². The van der Waals surface area contributed by atoms with Gasteiger partial charge in [0.1, 0.15) is 11.6 Å². The van der Waals surface area contributed by atoms with E-state index < -0.39 is 0 Å². The van der Waals surface area contributed by atoms with E-state index in [0.717, 1.165) is 11.1 Å². The van der Waals surface area contributed by atoms with Crippen molar-refractivity contribution in [3.8, 4) is 0 Å². The quantitative estimate of drug-likeness (QED) is 0.650. The smallest absolute Gasteiger partial charge is 0.255 e. The number of hydrogen-bond acceptors (Lipinski definition) is 3. The van der Waals surface area contributed by atoms with Gasteiger partial charge in [-0.2, -0.15) is 0 Å². The first-order valence-corrected chi connectivity index (χ1v) is 9.98. The van der Waals surface area contributed by atoms with Crippen molar-refractivity contribution in [1.82, 2.24) is 14.8 Å². The molecule has 1 atom stereocenters. The lowest BCUT2D eigenvalue weighted by Gasteiger charge is -2.39. The molecule has 1 saturated heterocycles. The van der Waals surface area contributed by atoms with Crippen LogP contribution in [0.4, 0.5) is 8.78 Å². The Morgan fingerprint density at radius 3 is 2.33 bits per heavy atom. The van der Waals surface area contributed by atoms with Crippen LogP contribution in [0.15, 0.2) is 67.0 Å². The minimum atomic E-state index is -0.343. The third kappa shape index (κ3) is 4.24. The molecular weight excluding hydrogens is 384 g/mol. The molecule has 1 amide bonds. The fraction of sp³-hybridized carbons (Fsp3) is 0.250. The van der Waals surface area contributed by atoms with Crippen LogP contribution in [0.25, 0.3) is 0 Å². The molecule has 30 heavy (non-hydrogen) atoms. The summed E-state index contributed by atoms with van der Waals surface area (Å²) in [6, 6.07) is 14.3. The number of pyridine rings is 1. The highest BCUT2D eigenvalue weighted by atomic mass is 19.1. The molecule has 154 valence electrons. The molecule has 1 fully saturated rings. The number of carbonyl (C=O) groups excluding carboxylic acids is 1. The minimum Gasteiger partial charge on any atom is -0.336 e. The van der Waals surface area contributed by atoms with Gasteiger partial charge in [0.05, 0.1) is 11.6 Å². The molecule has 6 heteroatoms. The molecule has 0 radical (unpaired) electrons. The van der Waals surface area contributed by atoms with Crippen molar-refractivity contribution in [2.24, 2.45) is 0 Å². The second-order valence-electron chi connectivity index (χ2n) is 7.55. The molecule has 2 aromatic carbocycles. The molecule has 1 aliphatic rings. The zero-order valence-electron chi connectivity index (χ0n) is 16.8. The van der Waals surface area contributed by atoms with Crippen LogP contribution < -0.4 is 0 Å². The topological polar surface area (TPSA) is 36.4 Å². The normalized spacial score (nSPS) is 15.8. The van der Waals surface area contributed by atoms with Crippen molar-refractivity contribution in [1.29, 1.82) is 0 Å². The molecule has 0 aliphatic carbocycles. The van der Waals surface area contributed by atoms with Gasteiger partial charge in [-0.05, 0) is 42.3 Å². The average molecular weight is 407 g/mol. The minimum absolute atomic E-state index is 0.0462. The van der Waals surface area contributed by atoms with Crippen LogP contribution >= 0.6 is 0 Å². The van der Waals surface area contributed by atoms with Gasteiger partial charge in [0.25, 0.3) is 5.91 Å². The van der Waals surface area contributed by atoms with E-state index in [4.69, 9.17) is 0 Å². The first kappa shape index (κ1) is 20.2. The molecule has 4 nitrogen and oxygen atoms in total. The lowest BCUT2D eigenvalue weighted by molar-refractivity contribution is 0.0594. The SMILES string of the molecule is Cc1cncc(C(=O)N2CCN(C(c3ccc(F)cc3)c3ccccc3F)CC2)c1. The maximum Gasteiger partial charge on any atom is 0.255 e. The summed E-state index contributed by atoms with van der Waals surface area (Å²) < 4.78 is 28.1. The number of amides is 1. The van der Waals surface area contributed by atoms with Crippen LogP contribution in [0.3, 0.4) is 0 Å². The summed E-state index contributed by atoms with van der Waals surface area (Å²) in [6.45, 7) is 4.13. The molecule has 0 N–H and O–H groups in total. The van der Waals surface area contributed by atoms with Crippen LogP contribution in [0, 0.1) is 18.6 Å². The van der Waals surface area contributed by atoms with Crippen LogP contribution in [0.2, 0.25) is 0 Å². The Labute approximate surface area is 174 Å². The first-order chi connectivity index (χ1) is 14.5. The molecule has 3 aromatic rings. The summed E-state index contributed by atoms with van der Waals surface area (Å²) in [7, 11) is 0. The highest BCUT2D eigenvalue weighted by molar-refractivity contribution is 5.94. The molecule has 0 spiro atoms. The second kappa shape index (κ2) is 8.71. The summed E-state index contributed by atoms with van der Waals surface area (Å²) in [5, 5.41) is 0. The number of nitrogens with zero attached hydrogens (tertiary/aromatic N) is 3. The fourth-order valence-corrected chi connectivity index (χ4v) is 3.97. The van der Waals surface area contributed by atoms with Crippen molar-refractivity contribution >= 4 is 5.91 Å². The molecule has 4 rings (SSSR count). The van der Waals surface area contributed by atoms with Crippen LogP contribution in [0.1, 0.15) is 33.1 Å². The van der Waals surface area contributed by atoms with E-state index in [1.807, 2.05) is 13.0 Å². The van der Waals surface area contributed by atoms with Gasteiger partial charge in [-0.15, -0.1) is 0 Å². The lowest BCUT2D eigenvalue weighted by Crippen LogP contribution is -2.50. The van der Waals surface area contributed by atoms with Crippen molar-refractivity contribution in [2.75, 3.05) is 26.2 Å². The summed E-state index contributed by atoms with van der Waals surface area (Å²) in [5.74, 6) is -0.667. The maximum absolute atomic E-state index is 14.7. The molecule has 0 saturated carbocycles. The Morgan fingerprint density at radius 1 is 0.967 bits per heavy atom. The van der Waals surface area contributed by atoms with Crippen molar-refractivity contribution in [3.63, 3.8) is 0 Å². The van der Waals surface area contributed by atoms with E-state index >= 15 is 0 Å². The molecule has 1 aliphatic heterocycles. The number of aryl methyl sites for hydroxylation is 1. The van der Waals surface area contributed by atoms with Gasteiger partial charge in [0, 0.05) is 44.1 Å². The van der Waals surface area contributed by atoms with Gasteiger partial charge in [-0.3, -0.25) is 14.7 Å². The number of hydrogen-bond donors (Lipinski definition) is 0. The Balaban J connectivity index is 1.56. The number of piperazine rings is 1. The van der Waals surface area contributed by atoms with Gasteiger partial charge in [0.2, 0.25) is 0 Å². The van der Waals surface area contributed by atoms with Crippen molar-refractivity contribution < 1.29 is 13.6 Å². The summed E-state index contributed by atoms with van der Waals surface area (Å²) in [6.07, 6.45) is 3.30. The molecule has 1 unspecified atom stereocenters. The van der Waals surface area contributed by atoms with Gasteiger partial charge in [-0.1, -0.05) is 30.3 Å². The number of carbonyl (C=O) groups is 1. The van der Waals surface area contributed by atoms with Gasteiger partial charge < -0.3 is 4.90 Å². The lowest BCUT2D eigenvalue weighted by atomic mass is 9.95. The average Bonchev–Trinajstić information content (AvgIpc) is 2.76.